The van der Waals surface area contributed by atoms with E-state index < -0.39 is 39.8 Å². The molecule has 210 valence electrons. The molecule has 2 aromatic carbocycles. The van der Waals surface area contributed by atoms with E-state index in [-0.39, 0.29) is 24.8 Å². The van der Waals surface area contributed by atoms with E-state index in [0.717, 1.165) is 23.8 Å². The number of hydrogen-bond donors (Lipinski definition) is 4. The highest BCUT2D eigenvalue weighted by atomic mass is 32.2. The summed E-state index contributed by atoms with van der Waals surface area (Å²) in [5, 5.41) is 2.79. The van der Waals surface area contributed by atoms with Crippen molar-refractivity contribution in [3.8, 4) is 0 Å². The fraction of sp³-hybridized carbons (Fsp3) is 0.407. The molecular formula is C27H36N6O5S. The molecule has 1 heterocycles. The number of aliphatic imine (C=N–C) groups is 1. The van der Waals surface area contributed by atoms with Crippen LogP contribution in [0.15, 0.2) is 65.7 Å². The van der Waals surface area contributed by atoms with Crippen LogP contribution in [0.5, 0.6) is 0 Å². The van der Waals surface area contributed by atoms with Crippen LogP contribution in [-0.2, 0) is 24.4 Å². The number of nitrogens with one attached hydrogen (secondary N) is 2. The third kappa shape index (κ3) is 8.89. The Hall–Kier alpha value is -3.77. The molecule has 11 nitrogen and oxygen atoms in total. The van der Waals surface area contributed by atoms with Crippen molar-refractivity contribution in [2.75, 3.05) is 19.3 Å². The summed E-state index contributed by atoms with van der Waals surface area (Å²) in [5.41, 5.74) is 11.9. The van der Waals surface area contributed by atoms with E-state index in [1.54, 1.807) is 0 Å². The van der Waals surface area contributed by atoms with Crippen molar-refractivity contribution < 1.29 is 22.8 Å². The number of benzene rings is 2. The van der Waals surface area contributed by atoms with Gasteiger partial charge in [0.2, 0.25) is 27.7 Å². The Bertz CT molecular complexity index is 1230. The van der Waals surface area contributed by atoms with Crippen molar-refractivity contribution in [2.45, 2.75) is 50.1 Å². The Morgan fingerprint density at radius 2 is 1.59 bits per heavy atom. The van der Waals surface area contributed by atoms with Crippen molar-refractivity contribution in [3.63, 3.8) is 0 Å². The number of guanidine groups is 1. The van der Waals surface area contributed by atoms with Crippen LogP contribution in [0.25, 0.3) is 0 Å². The molecule has 0 aliphatic carbocycles. The van der Waals surface area contributed by atoms with Crippen LogP contribution in [0, 0.1) is 0 Å². The summed E-state index contributed by atoms with van der Waals surface area (Å²) in [6.45, 7) is 0.517. The molecule has 2 aromatic rings. The van der Waals surface area contributed by atoms with Gasteiger partial charge in [0.05, 0.1) is 6.26 Å². The molecule has 1 aliphatic rings. The second kappa shape index (κ2) is 13.9. The summed E-state index contributed by atoms with van der Waals surface area (Å²) in [6, 6.07) is 16.5. The molecule has 6 N–H and O–H groups in total. The van der Waals surface area contributed by atoms with E-state index in [9.17, 15) is 22.8 Å². The van der Waals surface area contributed by atoms with Gasteiger partial charge in [0.1, 0.15) is 12.1 Å². The van der Waals surface area contributed by atoms with Crippen molar-refractivity contribution in [1.82, 2.24) is 14.9 Å². The third-order valence-electron chi connectivity index (χ3n) is 6.47. The molecule has 0 radical (unpaired) electrons. The average molecular weight is 557 g/mol. The fourth-order valence-electron chi connectivity index (χ4n) is 4.81. The van der Waals surface area contributed by atoms with Gasteiger partial charge in [0.25, 0.3) is 0 Å². The molecular weight excluding hydrogens is 520 g/mol. The van der Waals surface area contributed by atoms with E-state index in [2.05, 4.69) is 15.0 Å². The fourth-order valence-corrected chi connectivity index (χ4v) is 5.50. The van der Waals surface area contributed by atoms with Gasteiger partial charge >= 0.3 is 0 Å². The van der Waals surface area contributed by atoms with Crippen LogP contribution in [0.1, 0.15) is 49.1 Å². The van der Waals surface area contributed by atoms with Crippen molar-refractivity contribution in [1.29, 1.82) is 0 Å². The van der Waals surface area contributed by atoms with Gasteiger partial charge in [0.15, 0.2) is 5.96 Å². The van der Waals surface area contributed by atoms with Crippen molar-refractivity contribution in [2.24, 2.45) is 16.5 Å². The monoisotopic (exact) mass is 556 g/mol. The maximum atomic E-state index is 14.1. The number of nitrogens with zero attached hydrogens (tertiary/aromatic N) is 2. The lowest BCUT2D eigenvalue weighted by Crippen LogP contribution is -2.58. The number of piperidine rings is 1. The van der Waals surface area contributed by atoms with Crippen LogP contribution in [0.3, 0.4) is 0 Å². The lowest BCUT2D eigenvalue weighted by molar-refractivity contribution is -0.143. The maximum absolute atomic E-state index is 14.1. The number of carbonyl (C=O) groups excluding carboxylic acids is 3. The van der Waals surface area contributed by atoms with Gasteiger partial charge in [0, 0.05) is 25.4 Å². The molecule has 0 saturated carbocycles. The molecule has 0 spiro atoms. The van der Waals surface area contributed by atoms with Gasteiger partial charge in [-0.2, -0.15) is 4.99 Å². The second-order valence-corrected chi connectivity index (χ2v) is 11.3. The summed E-state index contributed by atoms with van der Waals surface area (Å²) in [5.74, 6) is -2.25. The van der Waals surface area contributed by atoms with Crippen LogP contribution in [-0.4, -0.2) is 68.4 Å². The number of amides is 3. The Balaban J connectivity index is 1.86. The SMILES string of the molecule is CS(=O)(=O)N[C@@H](C(=O)N1CCCCC1C(=O)NCCCC(=O)N=C(N)N)C(c1ccccc1)c1ccccc1. The number of hydrogen-bond acceptors (Lipinski definition) is 5. The normalized spacial score (nSPS) is 16.4. The minimum Gasteiger partial charge on any atom is -0.370 e. The number of carbonyl (C=O) groups is 3. The summed E-state index contributed by atoms with van der Waals surface area (Å²) >= 11 is 0. The van der Waals surface area contributed by atoms with Gasteiger partial charge in [-0.15, -0.1) is 0 Å². The molecule has 1 aliphatic heterocycles. The smallest absolute Gasteiger partial charge is 0.248 e. The van der Waals surface area contributed by atoms with Gasteiger partial charge in [-0.25, -0.2) is 13.1 Å². The summed E-state index contributed by atoms with van der Waals surface area (Å²) in [7, 11) is -3.80. The Morgan fingerprint density at radius 1 is 1.00 bits per heavy atom. The molecule has 1 fully saturated rings. The second-order valence-electron chi connectivity index (χ2n) is 9.53. The first-order valence-electron chi connectivity index (χ1n) is 12.8. The van der Waals surface area contributed by atoms with E-state index in [1.165, 1.54) is 4.90 Å². The highest BCUT2D eigenvalue weighted by Crippen LogP contribution is 2.31. The lowest BCUT2D eigenvalue weighted by Gasteiger charge is -2.39. The third-order valence-corrected chi connectivity index (χ3v) is 7.15. The molecule has 3 rings (SSSR count). The first-order chi connectivity index (χ1) is 18.6. The molecule has 0 aromatic heterocycles. The summed E-state index contributed by atoms with van der Waals surface area (Å²) in [4.78, 5) is 43.9. The average Bonchev–Trinajstić information content (AvgIpc) is 2.90. The van der Waals surface area contributed by atoms with E-state index >= 15 is 0 Å². The first kappa shape index (κ1) is 29.8. The predicted octanol–water partition coefficient (Wildman–Crippen LogP) is 0.814. The molecule has 1 saturated heterocycles. The van der Waals surface area contributed by atoms with Gasteiger partial charge < -0.3 is 21.7 Å². The number of rotatable bonds is 11. The van der Waals surface area contributed by atoms with Gasteiger partial charge in [-0.1, -0.05) is 60.7 Å². The molecule has 2 atom stereocenters. The van der Waals surface area contributed by atoms with Gasteiger partial charge in [-0.3, -0.25) is 14.4 Å². The highest BCUT2D eigenvalue weighted by molar-refractivity contribution is 7.88. The standard InChI is InChI=1S/C27H36N6O5S/c1-39(37,38)32-24(23(19-11-4-2-5-12-19)20-13-6-3-7-14-20)26(36)33-18-9-8-15-21(33)25(35)30-17-10-16-22(34)31-27(28)29/h2-7,11-14,21,23-24,32H,8-10,15-18H2,1H3,(H,30,35)(H4,28,29,31,34)/t21?,24-/m1/s1. The van der Waals surface area contributed by atoms with E-state index in [1.807, 2.05) is 60.7 Å². The summed E-state index contributed by atoms with van der Waals surface area (Å²) in [6.07, 6.45) is 3.28. The number of nitrogens with two attached hydrogens (primary N) is 2. The molecule has 0 bridgehead atoms. The Morgan fingerprint density at radius 3 is 2.13 bits per heavy atom. The first-order valence-corrected chi connectivity index (χ1v) is 14.7. The zero-order chi connectivity index (χ0) is 28.4. The van der Waals surface area contributed by atoms with E-state index in [4.69, 9.17) is 11.5 Å². The van der Waals surface area contributed by atoms with Crippen molar-refractivity contribution >= 4 is 33.7 Å². The largest absolute Gasteiger partial charge is 0.370 e. The Labute approximate surface area is 229 Å². The zero-order valence-electron chi connectivity index (χ0n) is 22.0. The zero-order valence-corrected chi connectivity index (χ0v) is 22.8. The van der Waals surface area contributed by atoms with Crippen LogP contribution < -0.4 is 21.5 Å². The molecule has 3 amide bonds. The van der Waals surface area contributed by atoms with Crippen LogP contribution in [0.2, 0.25) is 0 Å². The molecule has 1 unspecified atom stereocenters. The molecule has 12 heteroatoms. The quantitative estimate of drug-likeness (QED) is 0.180. The topological polar surface area (TPSA) is 177 Å². The summed E-state index contributed by atoms with van der Waals surface area (Å²) < 4.78 is 27.6. The van der Waals surface area contributed by atoms with E-state index in [0.29, 0.717) is 25.8 Å². The minimum atomic E-state index is -3.80. The minimum absolute atomic E-state index is 0.0572. The predicted molar refractivity (Wildman–Crippen MR) is 149 cm³/mol. The number of sulfonamides is 1. The highest BCUT2D eigenvalue weighted by Gasteiger charge is 2.40. The molecule has 39 heavy (non-hydrogen) atoms. The Kier molecular flexibility index (Phi) is 10.6. The van der Waals surface area contributed by atoms with Crippen molar-refractivity contribution in [3.05, 3.63) is 71.8 Å². The maximum Gasteiger partial charge on any atom is 0.248 e. The van der Waals surface area contributed by atoms with Crippen LogP contribution in [0.4, 0.5) is 0 Å². The van der Waals surface area contributed by atoms with Crippen LogP contribution >= 0.6 is 0 Å². The number of likely N-dealkylation sites (tertiary alicyclic amines) is 1. The van der Waals surface area contributed by atoms with Gasteiger partial charge in [-0.05, 0) is 36.8 Å². The lowest BCUT2D eigenvalue weighted by atomic mass is 9.84.